The first kappa shape index (κ1) is 59.4. The van der Waals surface area contributed by atoms with Crippen molar-refractivity contribution in [3.8, 4) is 0 Å². The average Bonchev–Trinajstić information content (AvgIpc) is 3.66. The van der Waals surface area contributed by atoms with Crippen molar-refractivity contribution in [3.63, 3.8) is 0 Å². The van der Waals surface area contributed by atoms with E-state index in [9.17, 15) is 55.9 Å². The van der Waals surface area contributed by atoms with Gasteiger partial charge in [0.1, 0.15) is 66.3 Å². The van der Waals surface area contributed by atoms with Crippen LogP contribution in [0.4, 0.5) is 0 Å². The molecule has 5 saturated heterocycles. The van der Waals surface area contributed by atoms with E-state index in [1.807, 2.05) is 0 Å². The summed E-state index contributed by atoms with van der Waals surface area (Å²) in [6.07, 6.45) is -19.4. The second kappa shape index (κ2) is 22.9. The molecule has 0 unspecified atom stereocenters. The molecule has 0 radical (unpaired) electrons. The SMILES string of the molecule is CO[C@H]1C[C@H](O[C@H]2[C@H](O)C[C@H](O[C@H]3[C@H](O)C[C@H](O[C@H]4[C@@H](OC)C[C@H](O[C@H]5[C@H](O)[C@@H](O)[C@H](O[C@H]6CC[C@@]7(C)[C@@H](CC[C@]8(O)[C@@H]7CC[C@]7(C)[C@@H](C(C)=O)[C@H](O)[C@@H](O)[C@@]78O)C6)O[C@@H]5CO)O[C@@H]4C)O[C@@H]3C)O[C@@H]2C)O[C@H](C)[C@H]1O. The predicted molar refractivity (Wildman–Crippen MR) is 259 cm³/mol. The van der Waals surface area contributed by atoms with Crippen molar-refractivity contribution in [3.05, 3.63) is 0 Å². The van der Waals surface area contributed by atoms with Crippen LogP contribution in [0.15, 0.2) is 0 Å². The lowest BCUT2D eigenvalue weighted by Gasteiger charge is -2.67. The number of Topliss-reactive ketones (excluding diaryl/α,β-unsaturated/α-hetero) is 1. The molecule has 0 spiro atoms. The Morgan fingerprint density at radius 3 is 1.64 bits per heavy atom. The van der Waals surface area contributed by atoms with Crippen LogP contribution in [0.1, 0.15) is 119 Å². The second-order valence-electron chi connectivity index (χ2n) is 24.3. The fourth-order valence-corrected chi connectivity index (χ4v) is 15.8. The van der Waals surface area contributed by atoms with Crippen molar-refractivity contribution in [1.82, 2.24) is 0 Å². The normalized spacial score (nSPS) is 55.8. The van der Waals surface area contributed by atoms with Gasteiger partial charge in [-0.05, 0) is 96.8 Å². The molecular weight excluding hydrogens is 1000 g/mol. The zero-order valence-corrected chi connectivity index (χ0v) is 45.4. The summed E-state index contributed by atoms with van der Waals surface area (Å²) in [6, 6.07) is 0. The van der Waals surface area contributed by atoms with E-state index in [-0.39, 0.29) is 43.8 Å². The maximum atomic E-state index is 12.8. The standard InChI is InChI=1S/C53H88O23/c1-22(55)39-41(59)48(62)53(64)51(39,7)14-12-34-50(6)13-11-28(16-27(50)10-15-52(34,53)63)71-49-43(61)42(60)47(33(21-54)72-49)76-38-20-32(66-9)46(26(5)70-38)75-36-18-30(57)44(24(3)69-36)73-35-17-29(56)45(25(4)68-35)74-37-19-31(65-8)40(58)23(2)67-37/h23-49,54,56-64H,10-21H2,1-9H3/t23-,24-,25-,26-,27+,28+,29-,30-,31+,32+,33-,34-,35+,36+,37+,38+,39+,40-,41+,42-,43-,44-,45-,46-,47-,48-,49-,50+,51-,52+,53-/m1/s1. The summed E-state index contributed by atoms with van der Waals surface area (Å²) in [6.45, 7) is 11.5. The Kier molecular flexibility index (Phi) is 17.9. The molecule has 5 heterocycles. The second-order valence-corrected chi connectivity index (χ2v) is 24.3. The highest BCUT2D eigenvalue weighted by Crippen LogP contribution is 2.70. The van der Waals surface area contributed by atoms with Crippen LogP contribution >= 0.6 is 0 Å². The molecule has 9 fully saturated rings. The third-order valence-electron chi connectivity index (χ3n) is 20.0. The van der Waals surface area contributed by atoms with E-state index in [1.54, 1.807) is 34.6 Å². The van der Waals surface area contributed by atoms with Crippen molar-refractivity contribution in [2.75, 3.05) is 20.8 Å². The van der Waals surface area contributed by atoms with Crippen LogP contribution < -0.4 is 0 Å². The summed E-state index contributed by atoms with van der Waals surface area (Å²) >= 11 is 0. The Morgan fingerprint density at radius 2 is 1.09 bits per heavy atom. The minimum Gasteiger partial charge on any atom is -0.394 e. The van der Waals surface area contributed by atoms with E-state index in [2.05, 4.69) is 6.92 Å². The van der Waals surface area contributed by atoms with Gasteiger partial charge in [-0.15, -0.1) is 0 Å². The number of methoxy groups -OCH3 is 2. The lowest BCUT2D eigenvalue weighted by atomic mass is 9.41. The minimum absolute atomic E-state index is 0.00372. The van der Waals surface area contributed by atoms with Gasteiger partial charge in [-0.2, -0.15) is 0 Å². The number of aliphatic hydroxyl groups is 10. The molecule has 0 aromatic heterocycles. The van der Waals surface area contributed by atoms with Crippen LogP contribution in [-0.4, -0.2) is 236 Å². The summed E-state index contributed by atoms with van der Waals surface area (Å²) in [5, 5.41) is 114. The van der Waals surface area contributed by atoms with Crippen molar-refractivity contribution in [1.29, 1.82) is 0 Å². The largest absolute Gasteiger partial charge is 0.394 e. The van der Waals surface area contributed by atoms with Crippen LogP contribution in [0, 0.1) is 28.6 Å². The molecule has 9 rings (SSSR count). The lowest BCUT2D eigenvalue weighted by molar-refractivity contribution is -0.361. The number of rotatable bonds is 14. The molecule has 9 aliphatic rings. The zero-order valence-electron chi connectivity index (χ0n) is 45.4. The molecule has 76 heavy (non-hydrogen) atoms. The quantitative estimate of drug-likeness (QED) is 0.0974. The van der Waals surface area contributed by atoms with Crippen molar-refractivity contribution < 1.29 is 113 Å². The van der Waals surface area contributed by atoms with Crippen molar-refractivity contribution >= 4 is 5.78 Å². The smallest absolute Gasteiger partial charge is 0.186 e. The summed E-state index contributed by atoms with van der Waals surface area (Å²) < 4.78 is 73.2. The molecule has 23 heteroatoms. The zero-order chi connectivity index (χ0) is 55.1. The topological polar surface area (TPSA) is 330 Å². The van der Waals surface area contributed by atoms with Gasteiger partial charge >= 0.3 is 0 Å². The Hall–Kier alpha value is -1.21. The first-order chi connectivity index (χ1) is 35.8. The molecule has 10 N–H and O–H groups in total. The first-order valence-corrected chi connectivity index (χ1v) is 27.8. The number of carbonyl (C=O) groups is 1. The summed E-state index contributed by atoms with van der Waals surface area (Å²) in [7, 11) is 3.01. The predicted octanol–water partition coefficient (Wildman–Crippen LogP) is -0.577. The van der Waals surface area contributed by atoms with Gasteiger partial charge in [0.05, 0.1) is 79.2 Å². The van der Waals surface area contributed by atoms with Gasteiger partial charge in [0, 0.05) is 45.3 Å². The average molecular weight is 1090 g/mol. The molecule has 4 aliphatic carbocycles. The lowest BCUT2D eigenvalue weighted by Crippen LogP contribution is -2.76. The molecule has 5 aliphatic heterocycles. The Balaban J connectivity index is 0.748. The van der Waals surface area contributed by atoms with Gasteiger partial charge in [0.25, 0.3) is 0 Å². The highest BCUT2D eigenvalue weighted by Gasteiger charge is 2.80. The number of hydrogen-bond acceptors (Lipinski definition) is 23. The van der Waals surface area contributed by atoms with Crippen LogP contribution in [0.25, 0.3) is 0 Å². The van der Waals surface area contributed by atoms with Gasteiger partial charge < -0.3 is 108 Å². The number of ether oxygens (including phenoxy) is 12. The van der Waals surface area contributed by atoms with Crippen LogP contribution in [-0.2, 0) is 61.6 Å². The fourth-order valence-electron chi connectivity index (χ4n) is 15.8. The molecule has 0 amide bonds. The third-order valence-corrected chi connectivity index (χ3v) is 20.0. The Bertz CT molecular complexity index is 1950. The summed E-state index contributed by atoms with van der Waals surface area (Å²) in [5.41, 5.74) is -5.61. The fraction of sp³-hybridized carbons (Fsp3) is 0.981. The monoisotopic (exact) mass is 1090 g/mol. The maximum absolute atomic E-state index is 12.8. The van der Waals surface area contributed by atoms with E-state index in [1.165, 1.54) is 21.1 Å². The number of ketones is 1. The molecule has 0 aromatic carbocycles. The van der Waals surface area contributed by atoms with Crippen molar-refractivity contribution in [2.45, 2.75) is 278 Å². The summed E-state index contributed by atoms with van der Waals surface area (Å²) in [4.78, 5) is 12.8. The number of aliphatic hydroxyl groups excluding tert-OH is 8. The third kappa shape index (κ3) is 10.3. The van der Waals surface area contributed by atoms with E-state index in [4.69, 9.17) is 56.8 Å². The van der Waals surface area contributed by atoms with Crippen LogP contribution in [0.5, 0.6) is 0 Å². The van der Waals surface area contributed by atoms with E-state index >= 15 is 0 Å². The molecular formula is C53H88O23. The van der Waals surface area contributed by atoms with Gasteiger partial charge in [-0.1, -0.05) is 13.8 Å². The van der Waals surface area contributed by atoms with Crippen molar-refractivity contribution in [2.24, 2.45) is 28.6 Å². The van der Waals surface area contributed by atoms with Crippen LogP contribution in [0.2, 0.25) is 0 Å². The van der Waals surface area contributed by atoms with E-state index in [0.717, 1.165) is 0 Å². The Morgan fingerprint density at radius 1 is 0.566 bits per heavy atom. The van der Waals surface area contributed by atoms with Gasteiger partial charge in [-0.25, -0.2) is 0 Å². The first-order valence-electron chi connectivity index (χ1n) is 27.8. The molecule has 4 saturated carbocycles. The van der Waals surface area contributed by atoms with Gasteiger partial charge in [-0.3, -0.25) is 4.79 Å². The molecule has 0 aromatic rings. The molecule has 31 atom stereocenters. The Labute approximate surface area is 444 Å². The van der Waals surface area contributed by atoms with Crippen LogP contribution in [0.3, 0.4) is 0 Å². The highest BCUT2D eigenvalue weighted by molar-refractivity contribution is 5.81. The highest BCUT2D eigenvalue weighted by atomic mass is 16.8. The molecule has 0 bridgehead atoms. The molecule has 438 valence electrons. The van der Waals surface area contributed by atoms with E-state index < -0.39 is 188 Å². The molecule has 23 nitrogen and oxygen atoms in total. The number of hydrogen-bond donors (Lipinski definition) is 10. The van der Waals surface area contributed by atoms with Gasteiger partial charge in [0.15, 0.2) is 31.5 Å². The summed E-state index contributed by atoms with van der Waals surface area (Å²) in [5.74, 6) is -1.82. The maximum Gasteiger partial charge on any atom is 0.186 e. The minimum atomic E-state index is -2.11. The van der Waals surface area contributed by atoms with Gasteiger partial charge in [0.2, 0.25) is 0 Å². The number of fused-ring (bicyclic) bond motifs is 5. The number of carbonyl (C=O) groups excluding carboxylic acids is 1. The van der Waals surface area contributed by atoms with E-state index in [0.29, 0.717) is 38.5 Å².